The van der Waals surface area contributed by atoms with Crippen LogP contribution in [0.4, 0.5) is 5.69 Å². The van der Waals surface area contributed by atoms with E-state index in [0.29, 0.717) is 6.10 Å². The van der Waals surface area contributed by atoms with Gasteiger partial charge in [-0.25, -0.2) is 0 Å². The molecule has 0 spiro atoms. The van der Waals surface area contributed by atoms with Gasteiger partial charge in [0.2, 0.25) is 0 Å². The van der Waals surface area contributed by atoms with E-state index in [1.807, 2.05) is 24.3 Å². The smallest absolute Gasteiger partial charge is 0.159 e. The molecule has 1 aromatic rings. The van der Waals surface area contributed by atoms with E-state index in [0.717, 1.165) is 38.1 Å². The van der Waals surface area contributed by atoms with Gasteiger partial charge in [-0.3, -0.25) is 4.79 Å². The van der Waals surface area contributed by atoms with Crippen molar-refractivity contribution in [2.75, 3.05) is 24.6 Å². The van der Waals surface area contributed by atoms with Crippen LogP contribution in [0.25, 0.3) is 0 Å². The Balaban J connectivity index is 2.11. The molecule has 0 aliphatic carbocycles. The normalized spacial score (nSPS) is 20.6. The molecule has 1 aliphatic heterocycles. The summed E-state index contributed by atoms with van der Waals surface area (Å²) in [4.78, 5) is 13.6. The molecule has 1 unspecified atom stereocenters. The van der Waals surface area contributed by atoms with Gasteiger partial charge in [0, 0.05) is 30.9 Å². The number of ketones is 1. The maximum Gasteiger partial charge on any atom is 0.159 e. The first-order valence-corrected chi connectivity index (χ1v) is 6.68. The summed E-state index contributed by atoms with van der Waals surface area (Å²) in [7, 11) is 0. The fraction of sp³-hybridized carbons (Fsp3) is 0.533. The van der Waals surface area contributed by atoms with Gasteiger partial charge in [0.15, 0.2) is 5.78 Å². The van der Waals surface area contributed by atoms with Crippen molar-refractivity contribution in [3.05, 3.63) is 29.8 Å². The van der Waals surface area contributed by atoms with Crippen LogP contribution in [-0.4, -0.2) is 31.6 Å². The zero-order valence-electron chi connectivity index (χ0n) is 11.2. The molecule has 2 rings (SSSR count). The van der Waals surface area contributed by atoms with Crippen molar-refractivity contribution in [3.63, 3.8) is 0 Å². The monoisotopic (exact) mass is 247 g/mol. The maximum atomic E-state index is 11.3. The molecule has 1 fully saturated rings. The quantitative estimate of drug-likeness (QED) is 0.769. The number of anilines is 1. The average Bonchev–Trinajstić information content (AvgIpc) is 2.64. The second-order valence-electron chi connectivity index (χ2n) is 4.80. The van der Waals surface area contributed by atoms with Crippen LogP contribution >= 0.6 is 0 Å². The van der Waals surface area contributed by atoms with E-state index in [1.165, 1.54) is 5.69 Å². The summed E-state index contributed by atoms with van der Waals surface area (Å²) in [5.74, 6) is 0.118. The van der Waals surface area contributed by atoms with Gasteiger partial charge in [-0.15, -0.1) is 0 Å². The highest BCUT2D eigenvalue weighted by molar-refractivity contribution is 5.94. The molecule has 3 nitrogen and oxygen atoms in total. The molecule has 0 bridgehead atoms. The molecular formula is C15H21NO2. The standard InChI is InChI=1S/C15H21NO2/c1-3-15-11-16(9-4-10-18-15)14-7-5-13(6-8-14)12(2)17/h5-8,15H,3-4,9-11H2,1-2H3. The first-order valence-electron chi connectivity index (χ1n) is 6.68. The van der Waals surface area contributed by atoms with E-state index < -0.39 is 0 Å². The lowest BCUT2D eigenvalue weighted by molar-refractivity contribution is 0.0664. The summed E-state index contributed by atoms with van der Waals surface area (Å²) in [6.07, 6.45) is 2.42. The number of hydrogen-bond donors (Lipinski definition) is 0. The van der Waals surface area contributed by atoms with Gasteiger partial charge in [0.05, 0.1) is 6.10 Å². The minimum atomic E-state index is 0.118. The maximum absolute atomic E-state index is 11.3. The molecule has 98 valence electrons. The van der Waals surface area contributed by atoms with Crippen molar-refractivity contribution in [1.29, 1.82) is 0 Å². The van der Waals surface area contributed by atoms with Crippen LogP contribution in [0.5, 0.6) is 0 Å². The molecule has 1 heterocycles. The summed E-state index contributed by atoms with van der Waals surface area (Å²) in [6.45, 7) is 6.57. The number of carbonyl (C=O) groups excluding carboxylic acids is 1. The van der Waals surface area contributed by atoms with Crippen molar-refractivity contribution < 1.29 is 9.53 Å². The first kappa shape index (κ1) is 13.1. The first-order chi connectivity index (χ1) is 8.70. The summed E-state index contributed by atoms with van der Waals surface area (Å²) in [5.41, 5.74) is 1.96. The molecular weight excluding hydrogens is 226 g/mol. The summed E-state index contributed by atoms with van der Waals surface area (Å²) in [6, 6.07) is 7.89. The molecule has 0 N–H and O–H groups in total. The van der Waals surface area contributed by atoms with Crippen LogP contribution in [0.1, 0.15) is 37.0 Å². The van der Waals surface area contributed by atoms with Crippen molar-refractivity contribution >= 4 is 11.5 Å². The average molecular weight is 247 g/mol. The highest BCUT2D eigenvalue weighted by Gasteiger charge is 2.17. The molecule has 0 saturated carbocycles. The molecule has 1 saturated heterocycles. The molecule has 18 heavy (non-hydrogen) atoms. The zero-order chi connectivity index (χ0) is 13.0. The van der Waals surface area contributed by atoms with E-state index in [4.69, 9.17) is 4.74 Å². The second kappa shape index (κ2) is 6.01. The Morgan fingerprint density at radius 3 is 2.72 bits per heavy atom. The van der Waals surface area contributed by atoms with Crippen LogP contribution in [-0.2, 0) is 4.74 Å². The minimum absolute atomic E-state index is 0.118. The Bertz CT molecular complexity index is 399. The molecule has 1 aliphatic rings. The number of carbonyl (C=O) groups is 1. The van der Waals surface area contributed by atoms with Gasteiger partial charge in [0.25, 0.3) is 0 Å². The van der Waals surface area contributed by atoms with E-state index in [9.17, 15) is 4.79 Å². The topological polar surface area (TPSA) is 29.5 Å². The molecule has 3 heteroatoms. The lowest BCUT2D eigenvalue weighted by Gasteiger charge is -2.25. The minimum Gasteiger partial charge on any atom is -0.376 e. The van der Waals surface area contributed by atoms with Gasteiger partial charge in [-0.05, 0) is 44.0 Å². The van der Waals surface area contributed by atoms with Gasteiger partial charge in [0.1, 0.15) is 0 Å². The molecule has 0 aromatic heterocycles. The van der Waals surface area contributed by atoms with E-state index in [2.05, 4.69) is 11.8 Å². The Morgan fingerprint density at radius 1 is 1.39 bits per heavy atom. The summed E-state index contributed by atoms with van der Waals surface area (Å²) < 4.78 is 5.77. The van der Waals surface area contributed by atoms with E-state index >= 15 is 0 Å². The fourth-order valence-corrected chi connectivity index (χ4v) is 2.28. The van der Waals surface area contributed by atoms with Crippen molar-refractivity contribution in [3.8, 4) is 0 Å². The Morgan fingerprint density at radius 2 is 2.11 bits per heavy atom. The molecule has 1 aromatic carbocycles. The molecule has 1 atom stereocenters. The Hall–Kier alpha value is -1.35. The van der Waals surface area contributed by atoms with Crippen LogP contribution in [0.3, 0.4) is 0 Å². The summed E-state index contributed by atoms with van der Waals surface area (Å²) in [5, 5.41) is 0. The lowest BCUT2D eigenvalue weighted by atomic mass is 10.1. The predicted octanol–water partition coefficient (Wildman–Crippen LogP) is 2.89. The van der Waals surface area contributed by atoms with Crippen LogP contribution < -0.4 is 4.90 Å². The summed E-state index contributed by atoms with van der Waals surface area (Å²) >= 11 is 0. The van der Waals surface area contributed by atoms with Gasteiger partial charge >= 0.3 is 0 Å². The van der Waals surface area contributed by atoms with E-state index in [1.54, 1.807) is 6.92 Å². The molecule has 0 radical (unpaired) electrons. The largest absolute Gasteiger partial charge is 0.376 e. The van der Waals surface area contributed by atoms with Crippen molar-refractivity contribution in [2.24, 2.45) is 0 Å². The van der Waals surface area contributed by atoms with Crippen molar-refractivity contribution in [2.45, 2.75) is 32.8 Å². The number of rotatable bonds is 3. The number of ether oxygens (including phenoxy) is 1. The number of benzene rings is 1. The zero-order valence-corrected chi connectivity index (χ0v) is 11.2. The Labute approximate surface area is 109 Å². The van der Waals surface area contributed by atoms with Gasteiger partial charge in [-0.1, -0.05) is 6.92 Å². The van der Waals surface area contributed by atoms with Crippen LogP contribution in [0.15, 0.2) is 24.3 Å². The Kier molecular flexibility index (Phi) is 4.37. The third-order valence-corrected chi connectivity index (χ3v) is 3.44. The number of nitrogens with zero attached hydrogens (tertiary/aromatic N) is 1. The highest BCUT2D eigenvalue weighted by Crippen LogP contribution is 2.19. The number of hydrogen-bond acceptors (Lipinski definition) is 3. The van der Waals surface area contributed by atoms with Crippen LogP contribution in [0.2, 0.25) is 0 Å². The third kappa shape index (κ3) is 3.10. The third-order valence-electron chi connectivity index (χ3n) is 3.44. The highest BCUT2D eigenvalue weighted by atomic mass is 16.5. The van der Waals surface area contributed by atoms with Crippen molar-refractivity contribution in [1.82, 2.24) is 0 Å². The van der Waals surface area contributed by atoms with Crippen LogP contribution in [0, 0.1) is 0 Å². The lowest BCUT2D eigenvalue weighted by Crippen LogP contribution is -2.31. The fourth-order valence-electron chi connectivity index (χ4n) is 2.28. The molecule has 0 amide bonds. The van der Waals surface area contributed by atoms with Gasteiger partial charge in [-0.2, -0.15) is 0 Å². The predicted molar refractivity (Wildman–Crippen MR) is 73.3 cm³/mol. The second-order valence-corrected chi connectivity index (χ2v) is 4.80. The van der Waals surface area contributed by atoms with Gasteiger partial charge < -0.3 is 9.64 Å². The SMILES string of the molecule is CCC1CN(c2ccc(C(C)=O)cc2)CCCO1. The van der Waals surface area contributed by atoms with E-state index in [-0.39, 0.29) is 5.78 Å². The number of Topliss-reactive ketones (excluding diaryl/α,β-unsaturated/α-hetero) is 1.